The van der Waals surface area contributed by atoms with E-state index < -0.39 is 0 Å². The predicted octanol–water partition coefficient (Wildman–Crippen LogP) is 2.80. The maximum Gasteiger partial charge on any atom is 0.222 e. The summed E-state index contributed by atoms with van der Waals surface area (Å²) in [7, 11) is 0. The van der Waals surface area contributed by atoms with Crippen LogP contribution in [0.2, 0.25) is 0 Å². The second-order valence-electron chi connectivity index (χ2n) is 7.16. The molecule has 0 radical (unpaired) electrons. The van der Waals surface area contributed by atoms with Crippen molar-refractivity contribution < 1.29 is 4.79 Å². The summed E-state index contributed by atoms with van der Waals surface area (Å²) in [6, 6.07) is 13.1. The van der Waals surface area contributed by atoms with E-state index in [0.29, 0.717) is 19.0 Å². The van der Waals surface area contributed by atoms with Crippen LogP contribution in [-0.4, -0.2) is 41.4 Å². The van der Waals surface area contributed by atoms with Gasteiger partial charge in [0.25, 0.3) is 0 Å². The Kier molecular flexibility index (Phi) is 4.68. The molecular formula is C19H25N3O. The highest BCUT2D eigenvalue weighted by molar-refractivity contribution is 5.77. The average Bonchev–Trinajstić information content (AvgIpc) is 2.59. The van der Waals surface area contributed by atoms with Gasteiger partial charge in [-0.3, -0.25) is 9.69 Å². The van der Waals surface area contributed by atoms with E-state index in [4.69, 9.17) is 0 Å². The lowest BCUT2D eigenvalue weighted by Gasteiger charge is -2.43. The fourth-order valence-electron chi connectivity index (χ4n) is 3.64. The van der Waals surface area contributed by atoms with Crippen LogP contribution in [0.25, 0.3) is 0 Å². The van der Waals surface area contributed by atoms with Crippen LogP contribution in [-0.2, 0) is 11.3 Å². The highest BCUT2D eigenvalue weighted by atomic mass is 16.2. The van der Waals surface area contributed by atoms with E-state index in [2.05, 4.69) is 30.0 Å². The monoisotopic (exact) mass is 311 g/mol. The first kappa shape index (κ1) is 16.0. The van der Waals surface area contributed by atoms with Gasteiger partial charge in [-0.15, -0.1) is 0 Å². The van der Waals surface area contributed by atoms with Crippen LogP contribution in [0.1, 0.15) is 38.2 Å². The lowest BCUT2D eigenvalue weighted by molar-refractivity contribution is -0.136. The van der Waals surface area contributed by atoms with Crippen LogP contribution in [0.15, 0.2) is 30.3 Å². The molecule has 0 saturated carbocycles. The molecule has 23 heavy (non-hydrogen) atoms. The molecule has 2 saturated heterocycles. The van der Waals surface area contributed by atoms with Gasteiger partial charge in [-0.05, 0) is 31.7 Å². The van der Waals surface area contributed by atoms with Gasteiger partial charge in [0.2, 0.25) is 5.91 Å². The number of likely N-dealkylation sites (tertiary alicyclic amines) is 2. The third-order valence-corrected chi connectivity index (χ3v) is 5.38. The predicted molar refractivity (Wildman–Crippen MR) is 89.4 cm³/mol. The minimum Gasteiger partial charge on any atom is -0.337 e. The summed E-state index contributed by atoms with van der Waals surface area (Å²) in [5.41, 5.74) is 1.03. The molecule has 4 heteroatoms. The molecule has 0 spiro atoms. The molecule has 1 amide bonds. The van der Waals surface area contributed by atoms with E-state index in [-0.39, 0.29) is 11.3 Å². The van der Waals surface area contributed by atoms with Crippen molar-refractivity contribution in [1.29, 1.82) is 5.26 Å². The van der Waals surface area contributed by atoms with E-state index in [1.807, 2.05) is 23.1 Å². The van der Waals surface area contributed by atoms with Crippen molar-refractivity contribution in [2.75, 3.05) is 19.6 Å². The fraction of sp³-hybridized carbons (Fsp3) is 0.579. The van der Waals surface area contributed by atoms with E-state index in [1.165, 1.54) is 5.56 Å². The van der Waals surface area contributed by atoms with E-state index in [0.717, 1.165) is 38.9 Å². The molecule has 3 rings (SSSR count). The Balaban J connectivity index is 1.60. The van der Waals surface area contributed by atoms with Gasteiger partial charge >= 0.3 is 0 Å². The maximum atomic E-state index is 12.2. The second kappa shape index (κ2) is 6.72. The molecule has 0 aromatic heterocycles. The first-order chi connectivity index (χ1) is 11.1. The van der Waals surface area contributed by atoms with Crippen LogP contribution >= 0.6 is 0 Å². The summed E-state index contributed by atoms with van der Waals surface area (Å²) in [5, 5.41) is 9.27. The average molecular weight is 311 g/mol. The quantitative estimate of drug-likeness (QED) is 0.862. The zero-order valence-electron chi connectivity index (χ0n) is 13.9. The third-order valence-electron chi connectivity index (χ3n) is 5.38. The topological polar surface area (TPSA) is 47.3 Å². The lowest BCUT2D eigenvalue weighted by Crippen LogP contribution is -2.52. The Morgan fingerprint density at radius 1 is 1.26 bits per heavy atom. The van der Waals surface area contributed by atoms with Crippen molar-refractivity contribution in [3.05, 3.63) is 35.9 Å². The second-order valence-corrected chi connectivity index (χ2v) is 7.16. The summed E-state index contributed by atoms with van der Waals surface area (Å²) in [4.78, 5) is 16.7. The van der Waals surface area contributed by atoms with Gasteiger partial charge in [0, 0.05) is 38.6 Å². The molecule has 1 aromatic carbocycles. The summed E-state index contributed by atoms with van der Waals surface area (Å²) < 4.78 is 0. The van der Waals surface area contributed by atoms with Crippen molar-refractivity contribution in [2.45, 2.75) is 45.2 Å². The van der Waals surface area contributed by atoms with Gasteiger partial charge in [-0.2, -0.15) is 5.26 Å². The molecule has 2 fully saturated rings. The Morgan fingerprint density at radius 3 is 2.61 bits per heavy atom. The number of nitrogens with zero attached hydrogens (tertiary/aromatic N) is 3. The van der Waals surface area contributed by atoms with E-state index in [9.17, 15) is 10.1 Å². The fourth-order valence-corrected chi connectivity index (χ4v) is 3.64. The lowest BCUT2D eigenvalue weighted by atomic mass is 9.81. The number of hydrogen-bond acceptors (Lipinski definition) is 3. The van der Waals surface area contributed by atoms with Gasteiger partial charge < -0.3 is 4.90 Å². The molecule has 0 bridgehead atoms. The van der Waals surface area contributed by atoms with Gasteiger partial charge in [0.05, 0.1) is 11.5 Å². The molecule has 0 N–H and O–H groups in total. The van der Waals surface area contributed by atoms with Crippen molar-refractivity contribution in [3.63, 3.8) is 0 Å². The Bertz CT molecular complexity index is 584. The number of piperidine rings is 2. The van der Waals surface area contributed by atoms with Gasteiger partial charge in [-0.1, -0.05) is 30.3 Å². The molecule has 2 aliphatic heterocycles. The van der Waals surface area contributed by atoms with Gasteiger partial charge in [0.1, 0.15) is 0 Å². The molecule has 2 heterocycles. The molecular weight excluding hydrogens is 286 g/mol. The van der Waals surface area contributed by atoms with Crippen LogP contribution in [0, 0.1) is 16.7 Å². The molecule has 122 valence electrons. The SMILES string of the molecule is CC1(C#N)CCN([C@@H]2CCC(=O)N(Cc3ccccc3)C2)CC1. The molecule has 1 atom stereocenters. The molecule has 4 nitrogen and oxygen atoms in total. The summed E-state index contributed by atoms with van der Waals surface area (Å²) in [6.07, 6.45) is 3.47. The third kappa shape index (κ3) is 3.73. The van der Waals surface area contributed by atoms with Crippen LogP contribution < -0.4 is 0 Å². The number of rotatable bonds is 3. The van der Waals surface area contributed by atoms with E-state index >= 15 is 0 Å². The van der Waals surface area contributed by atoms with Crippen LogP contribution in [0.3, 0.4) is 0 Å². The summed E-state index contributed by atoms with van der Waals surface area (Å²) in [5.74, 6) is 0.268. The molecule has 1 aromatic rings. The number of hydrogen-bond donors (Lipinski definition) is 0. The molecule has 0 aliphatic carbocycles. The first-order valence-electron chi connectivity index (χ1n) is 8.57. The zero-order valence-corrected chi connectivity index (χ0v) is 13.9. The van der Waals surface area contributed by atoms with Gasteiger partial charge in [-0.25, -0.2) is 0 Å². The minimum atomic E-state index is -0.162. The van der Waals surface area contributed by atoms with Crippen molar-refractivity contribution in [2.24, 2.45) is 5.41 Å². The largest absolute Gasteiger partial charge is 0.337 e. The minimum absolute atomic E-state index is 0.162. The Hall–Kier alpha value is -1.86. The maximum absolute atomic E-state index is 12.2. The standard InChI is InChI=1S/C19H25N3O/c1-19(15-20)9-11-21(12-10-19)17-7-8-18(23)22(14-17)13-16-5-3-2-4-6-16/h2-6,17H,7-14H2,1H3/t17-/m1/s1. The highest BCUT2D eigenvalue weighted by Crippen LogP contribution is 2.32. The number of carbonyl (C=O) groups excluding carboxylic acids is 1. The van der Waals surface area contributed by atoms with Crippen LogP contribution in [0.4, 0.5) is 0 Å². The number of carbonyl (C=O) groups is 1. The smallest absolute Gasteiger partial charge is 0.222 e. The Labute approximate surface area is 138 Å². The number of amides is 1. The zero-order chi connectivity index (χ0) is 16.3. The first-order valence-corrected chi connectivity index (χ1v) is 8.57. The van der Waals surface area contributed by atoms with E-state index in [1.54, 1.807) is 0 Å². The van der Waals surface area contributed by atoms with Crippen molar-refractivity contribution in [1.82, 2.24) is 9.80 Å². The summed E-state index contributed by atoms with van der Waals surface area (Å²) >= 11 is 0. The highest BCUT2D eigenvalue weighted by Gasteiger charge is 2.35. The number of nitriles is 1. The Morgan fingerprint density at radius 2 is 1.96 bits per heavy atom. The summed E-state index contributed by atoms with van der Waals surface area (Å²) in [6.45, 7) is 5.54. The van der Waals surface area contributed by atoms with Crippen molar-refractivity contribution >= 4 is 5.91 Å². The molecule has 0 unspecified atom stereocenters. The number of benzene rings is 1. The van der Waals surface area contributed by atoms with Crippen LogP contribution in [0.5, 0.6) is 0 Å². The van der Waals surface area contributed by atoms with Gasteiger partial charge in [0.15, 0.2) is 0 Å². The van der Waals surface area contributed by atoms with Crippen molar-refractivity contribution in [3.8, 4) is 6.07 Å². The normalized spacial score (nSPS) is 25.1. The molecule has 2 aliphatic rings.